The predicted molar refractivity (Wildman–Crippen MR) is 281 cm³/mol. The van der Waals surface area contributed by atoms with Gasteiger partial charge >= 0.3 is 0 Å². The first-order chi connectivity index (χ1) is 32.5. The lowest BCUT2D eigenvalue weighted by atomic mass is 9.82. The highest BCUT2D eigenvalue weighted by Gasteiger charge is 2.35. The van der Waals surface area contributed by atoms with Gasteiger partial charge in [0.2, 0.25) is 0 Å². The number of anilines is 3. The molecular weight excluding hydrogens is 819 g/mol. The third-order valence-electron chi connectivity index (χ3n) is 13.9. The van der Waals surface area contributed by atoms with Crippen molar-refractivity contribution >= 4 is 70.5 Å². The molecule has 10 aromatic carbocycles. The molecule has 0 unspecified atom stereocenters. The van der Waals surface area contributed by atoms with Crippen LogP contribution >= 0.6 is 11.3 Å². The van der Waals surface area contributed by atoms with Crippen molar-refractivity contribution in [2.24, 2.45) is 0 Å². The van der Waals surface area contributed by atoms with Gasteiger partial charge < -0.3 is 9.32 Å². The molecule has 3 heteroatoms. The maximum atomic E-state index is 6.50. The maximum absolute atomic E-state index is 6.50. The van der Waals surface area contributed by atoms with Crippen molar-refractivity contribution in [3.63, 3.8) is 0 Å². The highest BCUT2D eigenvalue weighted by Crippen LogP contribution is 2.51. The van der Waals surface area contributed by atoms with Crippen LogP contribution in [0.3, 0.4) is 0 Å². The van der Waals surface area contributed by atoms with Crippen molar-refractivity contribution in [1.29, 1.82) is 0 Å². The molecule has 0 saturated heterocycles. The smallest absolute Gasteiger partial charge is 0.143 e. The number of rotatable bonds is 7. The molecule has 0 radical (unpaired) electrons. The van der Waals surface area contributed by atoms with E-state index >= 15 is 0 Å². The summed E-state index contributed by atoms with van der Waals surface area (Å²) in [5, 5.41) is 4.88. The monoisotopic (exact) mass is 861 g/mol. The summed E-state index contributed by atoms with van der Waals surface area (Å²) in [6, 6.07) is 82.2. The van der Waals surface area contributed by atoms with Crippen LogP contribution in [-0.2, 0) is 5.41 Å². The lowest BCUT2D eigenvalue weighted by Crippen LogP contribution is -2.14. The minimum absolute atomic E-state index is 0.0498. The van der Waals surface area contributed by atoms with E-state index in [4.69, 9.17) is 4.42 Å². The summed E-state index contributed by atoms with van der Waals surface area (Å²) in [4.78, 5) is 2.42. The van der Waals surface area contributed by atoms with Crippen LogP contribution in [0.1, 0.15) is 25.0 Å². The minimum atomic E-state index is -0.0498. The molecule has 12 aromatic rings. The highest BCUT2D eigenvalue weighted by atomic mass is 32.1. The number of nitrogens with zero attached hydrogens (tertiary/aromatic N) is 1. The first kappa shape index (κ1) is 38.5. The van der Waals surface area contributed by atoms with Crippen LogP contribution in [0.5, 0.6) is 0 Å². The van der Waals surface area contributed by atoms with Crippen molar-refractivity contribution in [3.8, 4) is 55.6 Å². The van der Waals surface area contributed by atoms with E-state index in [1.54, 1.807) is 0 Å². The second kappa shape index (κ2) is 15.1. The fraction of sp³-hybridized carbons (Fsp3) is 0.0476. The molecule has 0 N–H and O–H groups in total. The van der Waals surface area contributed by atoms with Crippen molar-refractivity contribution in [3.05, 3.63) is 236 Å². The number of hydrogen-bond donors (Lipinski definition) is 0. The zero-order valence-electron chi connectivity index (χ0n) is 36.6. The molecule has 0 saturated carbocycles. The second-order valence-electron chi connectivity index (χ2n) is 18.0. The number of thiophene rings is 1. The molecule has 0 bridgehead atoms. The van der Waals surface area contributed by atoms with Crippen molar-refractivity contribution in [1.82, 2.24) is 0 Å². The fourth-order valence-corrected chi connectivity index (χ4v) is 11.7. The first-order valence-corrected chi connectivity index (χ1v) is 23.6. The zero-order chi connectivity index (χ0) is 43.9. The molecular formula is C63H43NOS. The molecule has 0 fully saturated rings. The van der Waals surface area contributed by atoms with E-state index in [1.807, 2.05) is 23.5 Å². The van der Waals surface area contributed by atoms with Gasteiger partial charge in [0, 0.05) is 58.9 Å². The van der Waals surface area contributed by atoms with Gasteiger partial charge in [-0.1, -0.05) is 178 Å². The Balaban J connectivity index is 0.946. The van der Waals surface area contributed by atoms with E-state index in [0.717, 1.165) is 55.7 Å². The summed E-state index contributed by atoms with van der Waals surface area (Å²) in [5.41, 5.74) is 19.8. The van der Waals surface area contributed by atoms with Gasteiger partial charge in [0.15, 0.2) is 0 Å². The first-order valence-electron chi connectivity index (χ1n) is 22.7. The molecule has 0 amide bonds. The lowest BCUT2D eigenvalue weighted by molar-refractivity contribution is 0.660. The Kier molecular flexibility index (Phi) is 8.78. The third kappa shape index (κ3) is 6.08. The van der Waals surface area contributed by atoms with Gasteiger partial charge in [0.05, 0.1) is 5.69 Å². The topological polar surface area (TPSA) is 16.4 Å². The van der Waals surface area contributed by atoms with Crippen LogP contribution in [0.2, 0.25) is 0 Å². The Bertz CT molecular complexity index is 3850. The van der Waals surface area contributed by atoms with Crippen LogP contribution in [0.4, 0.5) is 17.1 Å². The van der Waals surface area contributed by atoms with E-state index in [9.17, 15) is 0 Å². The van der Waals surface area contributed by atoms with E-state index < -0.39 is 0 Å². The minimum Gasteiger partial charge on any atom is -0.455 e. The Morgan fingerprint density at radius 2 is 0.939 bits per heavy atom. The molecule has 312 valence electrons. The van der Waals surface area contributed by atoms with E-state index in [2.05, 4.69) is 231 Å². The van der Waals surface area contributed by atoms with Crippen LogP contribution in [-0.4, -0.2) is 0 Å². The standard InChI is InChI=1S/C63H43NOS/c1-63(2)56-22-9-5-16-49(56)54-39-43(30-36-57(54)63)46-14-3-4-15-48(46)50-17-6-10-23-58(50)64(44-32-26-40(27-33-44)42-31-37-61-55(38-42)52-19-8-12-25-60(52)66-61)45-34-28-41(29-35-45)47-20-13-21-53-51-18-7-11-24-59(51)65-62(47)53/h3-39H,1-2H3. The number of hydrogen-bond acceptors (Lipinski definition) is 3. The van der Waals surface area contributed by atoms with Gasteiger partial charge in [-0.05, 0) is 116 Å². The van der Waals surface area contributed by atoms with Gasteiger partial charge in [0.25, 0.3) is 0 Å². The molecule has 0 aliphatic heterocycles. The average molecular weight is 862 g/mol. The Morgan fingerprint density at radius 1 is 0.364 bits per heavy atom. The number of benzene rings is 10. The summed E-state index contributed by atoms with van der Waals surface area (Å²) >= 11 is 1.86. The normalized spacial score (nSPS) is 12.8. The Hall–Kier alpha value is -7.98. The van der Waals surface area contributed by atoms with E-state index in [0.29, 0.717) is 0 Å². The summed E-state index contributed by atoms with van der Waals surface area (Å²) in [7, 11) is 0. The lowest BCUT2D eigenvalue weighted by Gasteiger charge is -2.29. The van der Waals surface area contributed by atoms with Gasteiger partial charge in [0.1, 0.15) is 11.2 Å². The molecule has 13 rings (SSSR count). The molecule has 0 atom stereocenters. The molecule has 2 heterocycles. The third-order valence-corrected chi connectivity index (χ3v) is 15.1. The molecule has 0 spiro atoms. The maximum Gasteiger partial charge on any atom is 0.143 e. The number of para-hydroxylation sites is 3. The predicted octanol–water partition coefficient (Wildman–Crippen LogP) is 18.4. The van der Waals surface area contributed by atoms with Gasteiger partial charge in [-0.2, -0.15) is 0 Å². The van der Waals surface area contributed by atoms with Gasteiger partial charge in [-0.3, -0.25) is 0 Å². The fourth-order valence-electron chi connectivity index (χ4n) is 10.7. The Labute approximate surface area is 388 Å². The molecule has 1 aliphatic rings. The molecule has 2 aromatic heterocycles. The quantitative estimate of drug-likeness (QED) is 0.159. The van der Waals surface area contributed by atoms with Gasteiger partial charge in [-0.15, -0.1) is 11.3 Å². The van der Waals surface area contributed by atoms with Crippen LogP contribution in [0.25, 0.3) is 97.7 Å². The largest absolute Gasteiger partial charge is 0.455 e. The van der Waals surface area contributed by atoms with Crippen molar-refractivity contribution < 1.29 is 4.42 Å². The average Bonchev–Trinajstić information content (AvgIpc) is 4.02. The van der Waals surface area contributed by atoms with Crippen molar-refractivity contribution in [2.75, 3.05) is 4.90 Å². The van der Waals surface area contributed by atoms with Crippen LogP contribution in [0.15, 0.2) is 229 Å². The van der Waals surface area contributed by atoms with Gasteiger partial charge in [-0.25, -0.2) is 0 Å². The van der Waals surface area contributed by atoms with E-state index in [-0.39, 0.29) is 5.41 Å². The zero-order valence-corrected chi connectivity index (χ0v) is 37.4. The number of fused-ring (bicyclic) bond motifs is 9. The highest BCUT2D eigenvalue weighted by molar-refractivity contribution is 7.25. The summed E-state index contributed by atoms with van der Waals surface area (Å²) in [6.45, 7) is 4.69. The van der Waals surface area contributed by atoms with Crippen LogP contribution < -0.4 is 4.90 Å². The molecule has 1 aliphatic carbocycles. The van der Waals surface area contributed by atoms with Crippen molar-refractivity contribution in [2.45, 2.75) is 19.3 Å². The summed E-state index contributed by atoms with van der Waals surface area (Å²) in [6.07, 6.45) is 0. The summed E-state index contributed by atoms with van der Waals surface area (Å²) < 4.78 is 9.13. The van der Waals surface area contributed by atoms with Crippen LogP contribution in [0, 0.1) is 0 Å². The van der Waals surface area contributed by atoms with E-state index in [1.165, 1.54) is 70.2 Å². The molecule has 2 nitrogen and oxygen atoms in total. The summed E-state index contributed by atoms with van der Waals surface area (Å²) in [5.74, 6) is 0. The Morgan fingerprint density at radius 3 is 1.76 bits per heavy atom. The molecule has 66 heavy (non-hydrogen) atoms. The second-order valence-corrected chi connectivity index (χ2v) is 19.1. The number of furan rings is 1. The SMILES string of the molecule is CC1(C)c2ccccc2-c2cc(-c3ccccc3-c3ccccc3N(c3ccc(-c4ccc5sc6ccccc6c5c4)cc3)c3ccc(-c4cccc5c4oc4ccccc45)cc3)ccc21.